The molecule has 1 N–H and O–H groups in total. The Morgan fingerprint density at radius 1 is 1.23 bits per heavy atom. The van der Waals surface area contributed by atoms with E-state index >= 15 is 0 Å². The molecular weight excluding hydrogens is 304 g/mol. The number of amides is 1. The number of thioether (sulfide) groups is 1. The number of nitrogens with zero attached hydrogens (tertiary/aromatic N) is 3. The molecule has 3 heterocycles. The van der Waals surface area contributed by atoms with Crippen molar-refractivity contribution in [3.63, 3.8) is 0 Å². The largest absolute Gasteiger partial charge is 0.467 e. The number of nitrogens with one attached hydrogen (secondary N) is 1. The van der Waals surface area contributed by atoms with Gasteiger partial charge >= 0.3 is 0 Å². The maximum atomic E-state index is 11.7. The Morgan fingerprint density at radius 2 is 2.09 bits per heavy atom. The zero-order valence-corrected chi connectivity index (χ0v) is 12.2. The van der Waals surface area contributed by atoms with E-state index in [1.54, 1.807) is 42.9 Å². The van der Waals surface area contributed by atoms with Crippen molar-refractivity contribution in [3.8, 4) is 11.5 Å². The van der Waals surface area contributed by atoms with Crippen LogP contribution in [0.25, 0.3) is 11.5 Å². The Hall–Kier alpha value is -2.61. The molecule has 0 radical (unpaired) electrons. The lowest BCUT2D eigenvalue weighted by Gasteiger charge is -2.00. The van der Waals surface area contributed by atoms with E-state index in [0.717, 1.165) is 5.56 Å². The molecule has 0 aliphatic heterocycles. The quantitative estimate of drug-likeness (QED) is 0.696. The topological polar surface area (TPSA) is 94.0 Å². The van der Waals surface area contributed by atoms with E-state index < -0.39 is 0 Å². The number of hydrogen-bond donors (Lipinski definition) is 1. The highest BCUT2D eigenvalue weighted by molar-refractivity contribution is 7.99. The van der Waals surface area contributed by atoms with Crippen LogP contribution in [0.1, 0.15) is 5.76 Å². The minimum atomic E-state index is -0.134. The van der Waals surface area contributed by atoms with Gasteiger partial charge in [-0.1, -0.05) is 11.8 Å². The van der Waals surface area contributed by atoms with E-state index in [4.69, 9.17) is 8.83 Å². The van der Waals surface area contributed by atoms with Gasteiger partial charge in [-0.15, -0.1) is 10.2 Å². The van der Waals surface area contributed by atoms with Crippen LogP contribution >= 0.6 is 11.8 Å². The molecule has 0 aliphatic carbocycles. The average molecular weight is 316 g/mol. The molecule has 0 fully saturated rings. The van der Waals surface area contributed by atoms with Gasteiger partial charge in [-0.3, -0.25) is 9.78 Å². The van der Waals surface area contributed by atoms with Crippen LogP contribution in [0.5, 0.6) is 0 Å². The summed E-state index contributed by atoms with van der Waals surface area (Å²) in [6.45, 7) is 0.360. The summed E-state index contributed by atoms with van der Waals surface area (Å²) in [5, 5.41) is 10.9. The van der Waals surface area contributed by atoms with E-state index in [9.17, 15) is 4.79 Å². The molecule has 1 amide bonds. The summed E-state index contributed by atoms with van der Waals surface area (Å²) in [7, 11) is 0. The molecule has 3 rings (SSSR count). The number of aromatic nitrogens is 3. The van der Waals surface area contributed by atoms with Crippen molar-refractivity contribution in [2.24, 2.45) is 0 Å². The van der Waals surface area contributed by atoms with Crippen LogP contribution in [-0.2, 0) is 11.3 Å². The molecule has 3 aromatic heterocycles. The zero-order chi connectivity index (χ0) is 15.2. The van der Waals surface area contributed by atoms with Crippen molar-refractivity contribution in [3.05, 3.63) is 48.7 Å². The van der Waals surface area contributed by atoms with Gasteiger partial charge in [0, 0.05) is 18.0 Å². The van der Waals surface area contributed by atoms with Gasteiger partial charge in [0.25, 0.3) is 5.22 Å². The Morgan fingerprint density at radius 3 is 2.86 bits per heavy atom. The monoisotopic (exact) mass is 316 g/mol. The number of rotatable bonds is 6. The molecule has 3 aromatic rings. The molecule has 0 saturated carbocycles. The summed E-state index contributed by atoms with van der Waals surface area (Å²) in [5.41, 5.74) is 0.789. The summed E-state index contributed by atoms with van der Waals surface area (Å²) >= 11 is 1.18. The predicted octanol–water partition coefficient (Wildman–Crippen LogP) is 2.13. The Balaban J connectivity index is 1.49. The smallest absolute Gasteiger partial charge is 0.277 e. The van der Waals surface area contributed by atoms with Crippen molar-refractivity contribution in [1.82, 2.24) is 20.5 Å². The van der Waals surface area contributed by atoms with Gasteiger partial charge in [-0.25, -0.2) is 0 Å². The summed E-state index contributed by atoms with van der Waals surface area (Å²) in [5.74, 6) is 1.17. The molecule has 7 nitrogen and oxygen atoms in total. The Bertz CT molecular complexity index is 728. The SMILES string of the molecule is O=C(CSc1nnc(-c2ccncc2)o1)NCc1ccco1. The molecular formula is C14H12N4O3S. The van der Waals surface area contributed by atoms with E-state index in [-0.39, 0.29) is 11.7 Å². The van der Waals surface area contributed by atoms with Gasteiger partial charge in [0.15, 0.2) is 0 Å². The van der Waals surface area contributed by atoms with Crippen LogP contribution in [0.15, 0.2) is 57.0 Å². The third-order valence-corrected chi connectivity index (χ3v) is 3.52. The maximum absolute atomic E-state index is 11.7. The van der Waals surface area contributed by atoms with Crippen molar-refractivity contribution in [1.29, 1.82) is 0 Å². The van der Waals surface area contributed by atoms with Gasteiger partial charge in [-0.05, 0) is 24.3 Å². The molecule has 0 saturated heterocycles. The normalized spacial score (nSPS) is 10.5. The molecule has 0 spiro atoms. The van der Waals surface area contributed by atoms with E-state index in [1.165, 1.54) is 11.8 Å². The van der Waals surface area contributed by atoms with Gasteiger partial charge in [-0.2, -0.15) is 0 Å². The van der Waals surface area contributed by atoms with Crippen LogP contribution in [0.4, 0.5) is 0 Å². The summed E-state index contributed by atoms with van der Waals surface area (Å²) in [6, 6.07) is 7.12. The minimum absolute atomic E-state index is 0.134. The van der Waals surface area contributed by atoms with Crippen LogP contribution < -0.4 is 5.32 Å². The second kappa shape index (κ2) is 6.90. The lowest BCUT2D eigenvalue weighted by molar-refractivity contribution is -0.118. The summed E-state index contributed by atoms with van der Waals surface area (Å²) < 4.78 is 10.6. The molecule has 0 aliphatic rings. The first-order valence-electron chi connectivity index (χ1n) is 6.47. The number of hydrogen-bond acceptors (Lipinski definition) is 7. The lowest BCUT2D eigenvalue weighted by atomic mass is 10.3. The highest BCUT2D eigenvalue weighted by Crippen LogP contribution is 2.22. The number of furan rings is 1. The van der Waals surface area contributed by atoms with Crippen LogP contribution in [0.3, 0.4) is 0 Å². The number of carbonyl (C=O) groups is 1. The first kappa shape index (κ1) is 14.3. The molecule has 0 aromatic carbocycles. The van der Waals surface area contributed by atoms with Crippen LogP contribution in [0.2, 0.25) is 0 Å². The second-order valence-electron chi connectivity index (χ2n) is 4.25. The van der Waals surface area contributed by atoms with E-state index in [1.807, 2.05) is 0 Å². The van der Waals surface area contributed by atoms with Crippen molar-refractivity contribution in [2.45, 2.75) is 11.8 Å². The Kier molecular flexibility index (Phi) is 4.50. The fourth-order valence-corrected chi connectivity index (χ4v) is 2.25. The standard InChI is InChI=1S/C14H12N4O3S/c19-12(16-8-11-2-1-7-20-11)9-22-14-18-17-13(21-14)10-3-5-15-6-4-10/h1-7H,8-9H2,(H,16,19). The van der Waals surface area contributed by atoms with Gasteiger partial charge in [0.1, 0.15) is 5.76 Å². The van der Waals surface area contributed by atoms with Crippen molar-refractivity contribution >= 4 is 17.7 Å². The maximum Gasteiger partial charge on any atom is 0.277 e. The van der Waals surface area contributed by atoms with Gasteiger partial charge in [0.2, 0.25) is 11.8 Å². The predicted molar refractivity (Wildman–Crippen MR) is 78.8 cm³/mol. The third-order valence-electron chi connectivity index (χ3n) is 2.70. The fraction of sp³-hybridized carbons (Fsp3) is 0.143. The molecule has 22 heavy (non-hydrogen) atoms. The first-order chi connectivity index (χ1) is 10.8. The van der Waals surface area contributed by atoms with E-state index in [2.05, 4.69) is 20.5 Å². The average Bonchev–Trinajstić information content (AvgIpc) is 3.23. The highest BCUT2D eigenvalue weighted by Gasteiger charge is 2.11. The van der Waals surface area contributed by atoms with Crippen LogP contribution in [0, 0.1) is 0 Å². The zero-order valence-electron chi connectivity index (χ0n) is 11.4. The number of pyridine rings is 1. The highest BCUT2D eigenvalue weighted by atomic mass is 32.2. The van der Waals surface area contributed by atoms with Crippen molar-refractivity contribution in [2.75, 3.05) is 5.75 Å². The summed E-state index contributed by atoms with van der Waals surface area (Å²) in [4.78, 5) is 15.6. The molecule has 112 valence electrons. The van der Waals surface area contributed by atoms with Crippen LogP contribution in [-0.4, -0.2) is 26.8 Å². The summed E-state index contributed by atoms with van der Waals surface area (Å²) in [6.07, 6.45) is 4.86. The lowest BCUT2D eigenvalue weighted by Crippen LogP contribution is -2.24. The molecule has 0 atom stereocenters. The van der Waals surface area contributed by atoms with Crippen molar-refractivity contribution < 1.29 is 13.6 Å². The molecule has 0 bridgehead atoms. The fourth-order valence-electron chi connectivity index (χ4n) is 1.66. The molecule has 8 heteroatoms. The van der Waals surface area contributed by atoms with Gasteiger partial charge < -0.3 is 14.2 Å². The molecule has 0 unspecified atom stereocenters. The van der Waals surface area contributed by atoms with E-state index in [0.29, 0.717) is 23.4 Å². The second-order valence-corrected chi connectivity index (χ2v) is 5.18. The minimum Gasteiger partial charge on any atom is -0.467 e. The number of carbonyl (C=O) groups excluding carboxylic acids is 1. The van der Waals surface area contributed by atoms with Gasteiger partial charge in [0.05, 0.1) is 18.6 Å². The first-order valence-corrected chi connectivity index (χ1v) is 7.45. The Labute approximate surface area is 130 Å². The third kappa shape index (κ3) is 3.73.